The van der Waals surface area contributed by atoms with E-state index in [1.54, 1.807) is 0 Å². The van der Waals surface area contributed by atoms with Gasteiger partial charge < -0.3 is 5.32 Å². The van der Waals surface area contributed by atoms with Gasteiger partial charge in [0.1, 0.15) is 0 Å². The fourth-order valence-electron chi connectivity index (χ4n) is 1.00. The molecular weight excluding hydrogens is 134 g/mol. The van der Waals surface area contributed by atoms with Crippen LogP contribution in [0.1, 0.15) is 39.5 Å². The molecule has 0 aliphatic rings. The molecule has 0 aromatic rings. The van der Waals surface area contributed by atoms with Crippen molar-refractivity contribution in [2.24, 2.45) is 0 Å². The highest BCUT2D eigenvalue weighted by molar-refractivity contribution is 4.84. The molecule has 0 aromatic carbocycles. The molecule has 0 heterocycles. The van der Waals surface area contributed by atoms with Gasteiger partial charge in [0.05, 0.1) is 0 Å². The summed E-state index contributed by atoms with van der Waals surface area (Å²) in [4.78, 5) is 0. The SMILES string of the molecule is C#CCCNC(C)CCCC. The van der Waals surface area contributed by atoms with Gasteiger partial charge in [0.2, 0.25) is 0 Å². The minimum atomic E-state index is 0.628. The number of nitrogens with one attached hydrogen (secondary N) is 1. The maximum Gasteiger partial charge on any atom is 0.0211 e. The summed E-state index contributed by atoms with van der Waals surface area (Å²) in [5.41, 5.74) is 0. The molecule has 11 heavy (non-hydrogen) atoms. The Bertz CT molecular complexity index is 113. The van der Waals surface area contributed by atoms with Crippen LogP contribution in [0, 0.1) is 12.3 Å². The van der Waals surface area contributed by atoms with Gasteiger partial charge >= 0.3 is 0 Å². The Morgan fingerprint density at radius 3 is 2.82 bits per heavy atom. The summed E-state index contributed by atoms with van der Waals surface area (Å²) in [7, 11) is 0. The van der Waals surface area contributed by atoms with Crippen LogP contribution in [-0.4, -0.2) is 12.6 Å². The van der Waals surface area contributed by atoms with Gasteiger partial charge in [-0.25, -0.2) is 0 Å². The van der Waals surface area contributed by atoms with E-state index in [1.807, 2.05) is 0 Å². The van der Waals surface area contributed by atoms with E-state index < -0.39 is 0 Å². The van der Waals surface area contributed by atoms with Crippen LogP contribution < -0.4 is 5.32 Å². The largest absolute Gasteiger partial charge is 0.313 e. The molecule has 0 radical (unpaired) electrons. The first-order valence-electron chi connectivity index (χ1n) is 4.48. The van der Waals surface area contributed by atoms with Gasteiger partial charge in [0, 0.05) is 19.0 Å². The van der Waals surface area contributed by atoms with E-state index >= 15 is 0 Å². The molecule has 1 nitrogen and oxygen atoms in total. The lowest BCUT2D eigenvalue weighted by Crippen LogP contribution is -2.26. The highest BCUT2D eigenvalue weighted by atomic mass is 14.9. The zero-order valence-corrected chi connectivity index (χ0v) is 7.69. The number of hydrogen-bond acceptors (Lipinski definition) is 1. The Morgan fingerprint density at radius 1 is 1.55 bits per heavy atom. The standard InChI is InChI=1S/C10H19N/c1-4-6-8-10(3)11-9-7-5-2/h2,10-11H,4,6-9H2,1,3H3. The molecule has 1 N–H and O–H groups in total. The third kappa shape index (κ3) is 7.42. The minimum absolute atomic E-state index is 0.628. The van der Waals surface area contributed by atoms with Crippen molar-refractivity contribution in [2.75, 3.05) is 6.54 Å². The average Bonchev–Trinajstić information content (AvgIpc) is 2.01. The number of terminal acetylenes is 1. The predicted molar refractivity (Wildman–Crippen MR) is 50.4 cm³/mol. The first kappa shape index (κ1) is 10.5. The summed E-state index contributed by atoms with van der Waals surface area (Å²) in [6, 6.07) is 0.628. The molecule has 0 aromatic heterocycles. The molecule has 0 saturated heterocycles. The second-order valence-electron chi connectivity index (χ2n) is 2.95. The van der Waals surface area contributed by atoms with Crippen molar-refractivity contribution in [3.63, 3.8) is 0 Å². The van der Waals surface area contributed by atoms with Crippen LogP contribution in [0.4, 0.5) is 0 Å². The van der Waals surface area contributed by atoms with Gasteiger partial charge in [0.15, 0.2) is 0 Å². The molecule has 1 unspecified atom stereocenters. The summed E-state index contributed by atoms with van der Waals surface area (Å²) in [5.74, 6) is 2.62. The first-order chi connectivity index (χ1) is 5.31. The minimum Gasteiger partial charge on any atom is -0.313 e. The summed E-state index contributed by atoms with van der Waals surface area (Å²) in [6.45, 7) is 5.39. The summed E-state index contributed by atoms with van der Waals surface area (Å²) in [6.07, 6.45) is 9.82. The van der Waals surface area contributed by atoms with Gasteiger partial charge in [0.25, 0.3) is 0 Å². The highest BCUT2D eigenvalue weighted by Gasteiger charge is 1.97. The van der Waals surface area contributed by atoms with Crippen molar-refractivity contribution in [3.8, 4) is 12.3 Å². The lowest BCUT2D eigenvalue weighted by molar-refractivity contribution is 0.502. The van der Waals surface area contributed by atoms with Crippen molar-refractivity contribution in [1.29, 1.82) is 0 Å². The van der Waals surface area contributed by atoms with Crippen molar-refractivity contribution in [1.82, 2.24) is 5.32 Å². The second-order valence-corrected chi connectivity index (χ2v) is 2.95. The molecule has 1 atom stereocenters. The van der Waals surface area contributed by atoms with E-state index in [9.17, 15) is 0 Å². The number of unbranched alkanes of at least 4 members (excludes halogenated alkanes) is 1. The maximum absolute atomic E-state index is 5.12. The molecule has 0 bridgehead atoms. The number of hydrogen-bond donors (Lipinski definition) is 1. The molecule has 0 fully saturated rings. The molecule has 64 valence electrons. The van der Waals surface area contributed by atoms with Crippen LogP contribution in [0.5, 0.6) is 0 Å². The Balaban J connectivity index is 3.10. The normalized spacial score (nSPS) is 12.5. The van der Waals surface area contributed by atoms with E-state index in [-0.39, 0.29) is 0 Å². The molecular formula is C10H19N. The Morgan fingerprint density at radius 2 is 2.27 bits per heavy atom. The third-order valence-corrected chi connectivity index (χ3v) is 1.75. The third-order valence-electron chi connectivity index (χ3n) is 1.75. The van der Waals surface area contributed by atoms with Crippen LogP contribution in [0.15, 0.2) is 0 Å². The van der Waals surface area contributed by atoms with Crippen LogP contribution in [0.25, 0.3) is 0 Å². The predicted octanol–water partition coefficient (Wildman–Crippen LogP) is 2.18. The molecule has 0 spiro atoms. The summed E-state index contributed by atoms with van der Waals surface area (Å²) >= 11 is 0. The van der Waals surface area contributed by atoms with Crippen LogP contribution >= 0.6 is 0 Å². The van der Waals surface area contributed by atoms with Crippen molar-refractivity contribution < 1.29 is 0 Å². The quantitative estimate of drug-likeness (QED) is 0.455. The Kier molecular flexibility index (Phi) is 7.29. The van der Waals surface area contributed by atoms with Gasteiger partial charge in [-0.3, -0.25) is 0 Å². The first-order valence-corrected chi connectivity index (χ1v) is 4.48. The molecule has 0 rings (SSSR count). The summed E-state index contributed by atoms with van der Waals surface area (Å²) in [5, 5.41) is 3.38. The van der Waals surface area contributed by atoms with Crippen LogP contribution in [0.3, 0.4) is 0 Å². The molecule has 0 saturated carbocycles. The monoisotopic (exact) mass is 153 g/mol. The van der Waals surface area contributed by atoms with Crippen LogP contribution in [-0.2, 0) is 0 Å². The van der Waals surface area contributed by atoms with E-state index in [1.165, 1.54) is 19.3 Å². The Labute approximate surface area is 70.6 Å². The highest BCUT2D eigenvalue weighted by Crippen LogP contribution is 1.98. The fraction of sp³-hybridized carbons (Fsp3) is 0.800. The summed E-state index contributed by atoms with van der Waals surface area (Å²) < 4.78 is 0. The van der Waals surface area contributed by atoms with Gasteiger partial charge in [-0.15, -0.1) is 12.3 Å². The van der Waals surface area contributed by atoms with Gasteiger partial charge in [-0.1, -0.05) is 19.8 Å². The van der Waals surface area contributed by atoms with Crippen molar-refractivity contribution in [3.05, 3.63) is 0 Å². The lowest BCUT2D eigenvalue weighted by Gasteiger charge is -2.11. The van der Waals surface area contributed by atoms with Crippen molar-refractivity contribution in [2.45, 2.75) is 45.6 Å². The molecule has 0 aliphatic heterocycles. The lowest BCUT2D eigenvalue weighted by atomic mass is 10.1. The molecule has 0 aliphatic carbocycles. The maximum atomic E-state index is 5.12. The van der Waals surface area contributed by atoms with Crippen molar-refractivity contribution >= 4 is 0 Å². The number of rotatable bonds is 6. The van der Waals surface area contributed by atoms with Gasteiger partial charge in [-0.2, -0.15) is 0 Å². The van der Waals surface area contributed by atoms with Gasteiger partial charge in [-0.05, 0) is 13.3 Å². The van der Waals surface area contributed by atoms with E-state index in [0.717, 1.165) is 13.0 Å². The second kappa shape index (κ2) is 7.63. The molecule has 0 amide bonds. The van der Waals surface area contributed by atoms with Crippen LogP contribution in [0.2, 0.25) is 0 Å². The van der Waals surface area contributed by atoms with E-state index in [0.29, 0.717) is 6.04 Å². The van der Waals surface area contributed by atoms with E-state index in [2.05, 4.69) is 25.1 Å². The zero-order chi connectivity index (χ0) is 8.53. The molecule has 1 heteroatoms. The zero-order valence-electron chi connectivity index (χ0n) is 7.69. The topological polar surface area (TPSA) is 12.0 Å². The van der Waals surface area contributed by atoms with E-state index in [4.69, 9.17) is 6.42 Å². The smallest absolute Gasteiger partial charge is 0.0211 e. The Hall–Kier alpha value is -0.480. The fourth-order valence-corrected chi connectivity index (χ4v) is 1.00. The average molecular weight is 153 g/mol.